The van der Waals surface area contributed by atoms with E-state index in [1.54, 1.807) is 4.31 Å². The van der Waals surface area contributed by atoms with Crippen molar-refractivity contribution in [2.24, 2.45) is 11.8 Å². The summed E-state index contributed by atoms with van der Waals surface area (Å²) in [5.41, 5.74) is 0. The van der Waals surface area contributed by atoms with Crippen molar-refractivity contribution in [3.05, 3.63) is 0 Å². The number of aliphatic carboxylic acids is 1. The van der Waals surface area contributed by atoms with Gasteiger partial charge in [0.15, 0.2) is 0 Å². The van der Waals surface area contributed by atoms with Gasteiger partial charge in [-0.05, 0) is 44.4 Å². The van der Waals surface area contributed by atoms with Crippen LogP contribution in [-0.4, -0.2) is 53.8 Å². The number of carboxylic acids is 1. The van der Waals surface area contributed by atoms with Gasteiger partial charge in [0.05, 0.1) is 5.92 Å². The third-order valence-corrected chi connectivity index (χ3v) is 6.57. The van der Waals surface area contributed by atoms with Gasteiger partial charge < -0.3 is 5.11 Å². The average Bonchev–Trinajstić information content (AvgIpc) is 3.27. The van der Waals surface area contributed by atoms with Crippen LogP contribution in [0.25, 0.3) is 0 Å². The van der Waals surface area contributed by atoms with Gasteiger partial charge >= 0.3 is 5.97 Å². The topological polar surface area (TPSA) is 77.9 Å². The third-order valence-electron chi connectivity index (χ3n) is 4.52. The number of hydrogen-bond acceptors (Lipinski definition) is 3. The molecule has 2 saturated carbocycles. The Bertz CT molecular complexity index is 477. The molecule has 0 aromatic carbocycles. The Labute approximate surface area is 119 Å². The summed E-state index contributed by atoms with van der Waals surface area (Å²) in [6, 6.07) is 0.192. The zero-order chi connectivity index (χ0) is 14.3. The van der Waals surface area contributed by atoms with Gasteiger partial charge in [-0.25, -0.2) is 0 Å². The molecule has 114 valence electrons. The van der Waals surface area contributed by atoms with Crippen LogP contribution in [0.15, 0.2) is 0 Å². The highest BCUT2D eigenvalue weighted by atomic mass is 32.2. The van der Waals surface area contributed by atoms with Crippen molar-refractivity contribution in [2.45, 2.75) is 44.6 Å². The highest BCUT2D eigenvalue weighted by Gasteiger charge is 2.44. The van der Waals surface area contributed by atoms with Gasteiger partial charge in [-0.3, -0.25) is 4.79 Å². The van der Waals surface area contributed by atoms with Gasteiger partial charge in [0.1, 0.15) is 0 Å². The number of nitrogens with zero attached hydrogens (tertiary/aromatic N) is 2. The van der Waals surface area contributed by atoms with Crippen molar-refractivity contribution < 1.29 is 18.3 Å². The lowest BCUT2D eigenvalue weighted by atomic mass is 9.99. The maximum absolute atomic E-state index is 12.7. The molecule has 1 heterocycles. The number of carbonyl (C=O) groups is 1. The first-order valence-corrected chi connectivity index (χ1v) is 8.88. The molecule has 3 fully saturated rings. The van der Waals surface area contributed by atoms with E-state index in [9.17, 15) is 13.2 Å². The molecule has 0 amide bonds. The molecule has 20 heavy (non-hydrogen) atoms. The van der Waals surface area contributed by atoms with Crippen molar-refractivity contribution in [3.8, 4) is 0 Å². The van der Waals surface area contributed by atoms with E-state index in [4.69, 9.17) is 5.11 Å². The Morgan fingerprint density at radius 3 is 2.15 bits per heavy atom. The molecule has 0 unspecified atom stereocenters. The second-order valence-electron chi connectivity index (χ2n) is 6.26. The number of hydrogen-bond donors (Lipinski definition) is 1. The second-order valence-corrected chi connectivity index (χ2v) is 8.14. The molecular formula is C13H22N2O4S. The van der Waals surface area contributed by atoms with Gasteiger partial charge in [-0.2, -0.15) is 17.0 Å². The van der Waals surface area contributed by atoms with Gasteiger partial charge in [-0.15, -0.1) is 0 Å². The molecule has 1 saturated heterocycles. The van der Waals surface area contributed by atoms with Crippen LogP contribution >= 0.6 is 0 Å². The van der Waals surface area contributed by atoms with Crippen LogP contribution in [0.1, 0.15) is 38.5 Å². The minimum atomic E-state index is -3.39. The molecule has 0 aromatic heterocycles. The van der Waals surface area contributed by atoms with E-state index < -0.39 is 16.2 Å². The fourth-order valence-electron chi connectivity index (χ4n) is 2.83. The number of rotatable bonds is 6. The van der Waals surface area contributed by atoms with Crippen LogP contribution in [0.5, 0.6) is 0 Å². The van der Waals surface area contributed by atoms with Crippen molar-refractivity contribution in [1.82, 2.24) is 8.61 Å². The largest absolute Gasteiger partial charge is 0.481 e. The first-order valence-electron chi connectivity index (χ1n) is 7.48. The molecule has 7 heteroatoms. The summed E-state index contributed by atoms with van der Waals surface area (Å²) in [5, 5.41) is 8.98. The normalized spacial score (nSPS) is 26.1. The summed E-state index contributed by atoms with van der Waals surface area (Å²) in [7, 11) is -3.39. The summed E-state index contributed by atoms with van der Waals surface area (Å²) in [4.78, 5) is 10.9. The lowest BCUT2D eigenvalue weighted by molar-refractivity contribution is -0.142. The van der Waals surface area contributed by atoms with Crippen molar-refractivity contribution in [3.63, 3.8) is 0 Å². The van der Waals surface area contributed by atoms with Crippen LogP contribution < -0.4 is 0 Å². The lowest BCUT2D eigenvalue weighted by Crippen LogP contribution is -2.49. The maximum atomic E-state index is 12.7. The Balaban J connectivity index is 1.65. The lowest BCUT2D eigenvalue weighted by Gasteiger charge is -2.34. The van der Waals surface area contributed by atoms with Crippen LogP contribution in [0.2, 0.25) is 0 Å². The third kappa shape index (κ3) is 2.99. The molecule has 3 aliphatic rings. The summed E-state index contributed by atoms with van der Waals surface area (Å²) in [5.74, 6) is -0.653. The summed E-state index contributed by atoms with van der Waals surface area (Å²) < 4.78 is 28.6. The quantitative estimate of drug-likeness (QED) is 0.791. The average molecular weight is 302 g/mol. The standard InChI is InChI=1S/C13H22N2O4S/c16-13(17)11-5-7-14(8-6-11)20(18,19)15(12-3-4-12)9-10-1-2-10/h10-12H,1-9H2,(H,16,17). The fraction of sp³-hybridized carbons (Fsp3) is 0.923. The molecule has 0 aromatic rings. The molecule has 1 N–H and O–H groups in total. The fourth-order valence-corrected chi connectivity index (χ4v) is 4.79. The molecule has 2 aliphatic carbocycles. The second kappa shape index (κ2) is 5.27. The van der Waals surface area contributed by atoms with Gasteiger partial charge in [0.25, 0.3) is 10.2 Å². The molecule has 3 rings (SSSR count). The van der Waals surface area contributed by atoms with Crippen LogP contribution in [0.4, 0.5) is 0 Å². The SMILES string of the molecule is O=C(O)C1CCN(S(=O)(=O)N(CC2CC2)C2CC2)CC1. The molecule has 6 nitrogen and oxygen atoms in total. The highest BCUT2D eigenvalue weighted by molar-refractivity contribution is 7.86. The predicted molar refractivity (Wildman–Crippen MR) is 73.3 cm³/mol. The maximum Gasteiger partial charge on any atom is 0.306 e. The van der Waals surface area contributed by atoms with E-state index in [1.807, 2.05) is 0 Å². The predicted octanol–water partition coefficient (Wildman–Crippen LogP) is 0.902. The Hall–Kier alpha value is -0.660. The summed E-state index contributed by atoms with van der Waals surface area (Å²) in [6.07, 6.45) is 5.07. The van der Waals surface area contributed by atoms with Gasteiger partial charge in [-0.1, -0.05) is 0 Å². The van der Waals surface area contributed by atoms with E-state index in [-0.39, 0.29) is 12.0 Å². The van der Waals surface area contributed by atoms with Crippen LogP contribution in [-0.2, 0) is 15.0 Å². The summed E-state index contributed by atoms with van der Waals surface area (Å²) >= 11 is 0. The van der Waals surface area contributed by atoms with E-state index in [0.717, 1.165) is 25.7 Å². The highest BCUT2D eigenvalue weighted by Crippen LogP contribution is 2.37. The number of piperidine rings is 1. The molecule has 0 bridgehead atoms. The van der Waals surface area contributed by atoms with Crippen molar-refractivity contribution >= 4 is 16.2 Å². The van der Waals surface area contributed by atoms with Gasteiger partial charge in [0.2, 0.25) is 0 Å². The smallest absolute Gasteiger partial charge is 0.306 e. The monoisotopic (exact) mass is 302 g/mol. The Kier molecular flexibility index (Phi) is 3.77. The number of carboxylic acid groups (broad SMARTS) is 1. The summed E-state index contributed by atoms with van der Waals surface area (Å²) in [6.45, 7) is 1.34. The zero-order valence-corrected chi connectivity index (χ0v) is 12.4. The van der Waals surface area contributed by atoms with Crippen LogP contribution in [0.3, 0.4) is 0 Å². The molecule has 0 spiro atoms. The molecule has 0 atom stereocenters. The van der Waals surface area contributed by atoms with Gasteiger partial charge in [0, 0.05) is 25.7 Å². The minimum absolute atomic E-state index is 0.192. The van der Waals surface area contributed by atoms with Crippen LogP contribution in [0, 0.1) is 11.8 Å². The zero-order valence-electron chi connectivity index (χ0n) is 11.6. The first kappa shape index (κ1) is 14.3. The van der Waals surface area contributed by atoms with E-state index in [0.29, 0.717) is 38.4 Å². The van der Waals surface area contributed by atoms with E-state index in [1.165, 1.54) is 4.31 Å². The van der Waals surface area contributed by atoms with E-state index in [2.05, 4.69) is 0 Å². The van der Waals surface area contributed by atoms with E-state index >= 15 is 0 Å². The van der Waals surface area contributed by atoms with Crippen molar-refractivity contribution in [2.75, 3.05) is 19.6 Å². The Morgan fingerprint density at radius 1 is 1.10 bits per heavy atom. The molecule has 0 radical (unpaired) electrons. The molecular weight excluding hydrogens is 280 g/mol. The Morgan fingerprint density at radius 2 is 1.70 bits per heavy atom. The molecule has 1 aliphatic heterocycles. The first-order chi connectivity index (χ1) is 9.48. The van der Waals surface area contributed by atoms with Crippen molar-refractivity contribution in [1.29, 1.82) is 0 Å². The minimum Gasteiger partial charge on any atom is -0.481 e.